The molecule has 0 spiro atoms. The van der Waals surface area contributed by atoms with E-state index in [1.165, 1.54) is 0 Å². The molecule has 2 aromatic rings. The van der Waals surface area contributed by atoms with Crippen LogP contribution in [-0.4, -0.2) is 25.5 Å². The molecule has 6 heteroatoms. The molecule has 0 aliphatic carbocycles. The van der Waals surface area contributed by atoms with Gasteiger partial charge >= 0.3 is 0 Å². The number of alkyl halides is 1. The second-order valence-corrected chi connectivity index (χ2v) is 5.54. The van der Waals surface area contributed by atoms with E-state index in [0.717, 1.165) is 11.4 Å². The van der Waals surface area contributed by atoms with Crippen molar-refractivity contribution >= 4 is 27.5 Å². The summed E-state index contributed by atoms with van der Waals surface area (Å²) in [6.45, 7) is 3.99. The minimum atomic E-state index is -0.203. The summed E-state index contributed by atoms with van der Waals surface area (Å²) in [7, 11) is 0. The molecule has 0 saturated heterocycles. The first-order valence-corrected chi connectivity index (χ1v) is 6.89. The molecule has 0 fully saturated rings. The summed E-state index contributed by atoms with van der Waals surface area (Å²) in [4.78, 5) is 11.8. The average Bonchev–Trinajstić information content (AvgIpc) is 2.91. The van der Waals surface area contributed by atoms with Gasteiger partial charge in [-0.25, -0.2) is 0 Å². The summed E-state index contributed by atoms with van der Waals surface area (Å²) in [5.41, 5.74) is 1.65. The molecular weight excluding hydrogens is 308 g/mol. The van der Waals surface area contributed by atoms with Crippen LogP contribution in [0.1, 0.15) is 13.8 Å². The van der Waals surface area contributed by atoms with Gasteiger partial charge in [-0.1, -0.05) is 35.8 Å². The van der Waals surface area contributed by atoms with E-state index in [9.17, 15) is 4.79 Å². The monoisotopic (exact) mass is 322 g/mol. The normalized spacial score (nSPS) is 12.4. The van der Waals surface area contributed by atoms with Gasteiger partial charge in [-0.2, -0.15) is 0 Å². The van der Waals surface area contributed by atoms with E-state index in [1.807, 2.05) is 38.1 Å². The highest BCUT2D eigenvalue weighted by Gasteiger charge is 2.18. The van der Waals surface area contributed by atoms with Crippen LogP contribution in [0.25, 0.3) is 5.69 Å². The molecule has 5 nitrogen and oxygen atoms in total. The molecular formula is C13H15BrN4O. The van der Waals surface area contributed by atoms with Crippen molar-refractivity contribution in [3.63, 3.8) is 0 Å². The molecule has 0 aliphatic heterocycles. The standard InChI is InChI=1S/C13H15BrN4O/c1-9(2)12(14)13(19)17-10-4-3-5-11(6-10)18-7-15-16-8-18/h3-9,12H,1-2H3,(H,17,19). The number of rotatable bonds is 4. The second kappa shape index (κ2) is 5.97. The van der Waals surface area contributed by atoms with E-state index < -0.39 is 0 Å². The molecule has 100 valence electrons. The molecule has 1 heterocycles. The van der Waals surface area contributed by atoms with E-state index in [-0.39, 0.29) is 16.7 Å². The van der Waals surface area contributed by atoms with Crippen LogP contribution in [0.4, 0.5) is 5.69 Å². The highest BCUT2D eigenvalue weighted by molar-refractivity contribution is 9.10. The van der Waals surface area contributed by atoms with Crippen molar-refractivity contribution < 1.29 is 4.79 Å². The Kier molecular flexibility index (Phi) is 4.31. The van der Waals surface area contributed by atoms with Crippen LogP contribution in [-0.2, 0) is 4.79 Å². The van der Waals surface area contributed by atoms with E-state index >= 15 is 0 Å². The number of benzene rings is 1. The van der Waals surface area contributed by atoms with Crippen LogP contribution in [0.5, 0.6) is 0 Å². The first kappa shape index (κ1) is 13.7. The van der Waals surface area contributed by atoms with E-state index in [4.69, 9.17) is 0 Å². The SMILES string of the molecule is CC(C)C(Br)C(=O)Nc1cccc(-n2cnnc2)c1. The van der Waals surface area contributed by atoms with Crippen molar-refractivity contribution in [2.45, 2.75) is 18.7 Å². The number of nitrogens with one attached hydrogen (secondary N) is 1. The van der Waals surface area contributed by atoms with Gasteiger partial charge in [-0.15, -0.1) is 10.2 Å². The first-order chi connectivity index (χ1) is 9.08. The number of halogens is 1. The van der Waals surface area contributed by atoms with Crippen LogP contribution in [0.2, 0.25) is 0 Å². The van der Waals surface area contributed by atoms with E-state index in [2.05, 4.69) is 31.4 Å². The highest BCUT2D eigenvalue weighted by Crippen LogP contribution is 2.18. The topological polar surface area (TPSA) is 59.8 Å². The number of amides is 1. The van der Waals surface area contributed by atoms with Gasteiger partial charge in [0.2, 0.25) is 5.91 Å². The van der Waals surface area contributed by atoms with Crippen LogP contribution in [0.15, 0.2) is 36.9 Å². The van der Waals surface area contributed by atoms with Crippen LogP contribution in [0.3, 0.4) is 0 Å². The van der Waals surface area contributed by atoms with Gasteiger partial charge in [-0.3, -0.25) is 9.36 Å². The summed E-state index contributed by atoms with van der Waals surface area (Å²) >= 11 is 3.39. The fourth-order valence-corrected chi connectivity index (χ4v) is 1.71. The third kappa shape index (κ3) is 3.41. The lowest BCUT2D eigenvalue weighted by Gasteiger charge is -2.14. The van der Waals surface area contributed by atoms with Gasteiger partial charge in [0.25, 0.3) is 0 Å². The number of hydrogen-bond acceptors (Lipinski definition) is 3. The minimum absolute atomic E-state index is 0.0455. The lowest BCUT2D eigenvalue weighted by atomic mass is 10.1. The molecule has 0 aliphatic rings. The summed E-state index contributed by atoms with van der Waals surface area (Å²) in [5, 5.41) is 10.4. The van der Waals surface area contributed by atoms with Gasteiger partial charge < -0.3 is 5.32 Å². The fourth-order valence-electron chi connectivity index (χ4n) is 1.59. The lowest BCUT2D eigenvalue weighted by Crippen LogP contribution is -2.26. The predicted octanol–water partition coefficient (Wildman–Crippen LogP) is 2.63. The van der Waals surface area contributed by atoms with Crippen LogP contribution >= 0.6 is 15.9 Å². The zero-order valence-corrected chi connectivity index (χ0v) is 12.3. The van der Waals surface area contributed by atoms with Gasteiger partial charge in [0, 0.05) is 5.69 Å². The molecule has 0 saturated carbocycles. The number of nitrogens with zero attached hydrogens (tertiary/aromatic N) is 3. The Morgan fingerprint density at radius 1 is 1.32 bits per heavy atom. The van der Waals surface area contributed by atoms with Gasteiger partial charge in [0.05, 0.1) is 10.5 Å². The molecule has 1 unspecified atom stereocenters. The zero-order valence-electron chi connectivity index (χ0n) is 10.7. The molecule has 1 N–H and O–H groups in total. The van der Waals surface area contributed by atoms with E-state index in [1.54, 1.807) is 17.2 Å². The van der Waals surface area contributed by atoms with Crippen molar-refractivity contribution in [2.24, 2.45) is 5.92 Å². The van der Waals surface area contributed by atoms with Gasteiger partial charge in [0.1, 0.15) is 12.7 Å². The quantitative estimate of drug-likeness (QED) is 0.880. The minimum Gasteiger partial charge on any atom is -0.325 e. The van der Waals surface area contributed by atoms with E-state index in [0.29, 0.717) is 0 Å². The third-order valence-electron chi connectivity index (χ3n) is 2.67. The molecule has 19 heavy (non-hydrogen) atoms. The molecule has 1 aromatic heterocycles. The van der Waals surface area contributed by atoms with Crippen LogP contribution < -0.4 is 5.32 Å². The lowest BCUT2D eigenvalue weighted by molar-refractivity contribution is -0.116. The fraction of sp³-hybridized carbons (Fsp3) is 0.308. The molecule has 0 bridgehead atoms. The zero-order chi connectivity index (χ0) is 13.8. The molecule has 0 radical (unpaired) electrons. The number of anilines is 1. The molecule has 1 aromatic carbocycles. The Bertz CT molecular complexity index is 554. The Morgan fingerprint density at radius 2 is 2.00 bits per heavy atom. The Balaban J connectivity index is 2.14. The third-order valence-corrected chi connectivity index (χ3v) is 4.14. The summed E-state index contributed by atoms with van der Waals surface area (Å²) in [6, 6.07) is 7.53. The van der Waals surface area contributed by atoms with Crippen molar-refractivity contribution in [2.75, 3.05) is 5.32 Å². The average molecular weight is 323 g/mol. The first-order valence-electron chi connectivity index (χ1n) is 5.98. The van der Waals surface area contributed by atoms with Crippen molar-refractivity contribution in [3.05, 3.63) is 36.9 Å². The predicted molar refractivity (Wildman–Crippen MR) is 77.5 cm³/mol. The maximum atomic E-state index is 12.0. The number of aromatic nitrogens is 3. The largest absolute Gasteiger partial charge is 0.325 e. The maximum absolute atomic E-state index is 12.0. The summed E-state index contributed by atoms with van der Waals surface area (Å²) in [6.07, 6.45) is 3.23. The van der Waals surface area contributed by atoms with Gasteiger partial charge in [-0.05, 0) is 24.1 Å². The number of carbonyl (C=O) groups is 1. The molecule has 1 atom stereocenters. The number of hydrogen-bond donors (Lipinski definition) is 1. The highest BCUT2D eigenvalue weighted by atomic mass is 79.9. The summed E-state index contributed by atoms with van der Waals surface area (Å²) in [5.74, 6) is 0.192. The Labute approximate surface area is 120 Å². The van der Waals surface area contributed by atoms with Crippen molar-refractivity contribution in [1.82, 2.24) is 14.8 Å². The van der Waals surface area contributed by atoms with Crippen molar-refractivity contribution in [1.29, 1.82) is 0 Å². The van der Waals surface area contributed by atoms with Gasteiger partial charge in [0.15, 0.2) is 0 Å². The maximum Gasteiger partial charge on any atom is 0.238 e. The second-order valence-electron chi connectivity index (χ2n) is 4.55. The Morgan fingerprint density at radius 3 is 2.63 bits per heavy atom. The number of carbonyl (C=O) groups excluding carboxylic acids is 1. The van der Waals surface area contributed by atoms with Crippen molar-refractivity contribution in [3.8, 4) is 5.69 Å². The smallest absolute Gasteiger partial charge is 0.238 e. The van der Waals surface area contributed by atoms with Crippen LogP contribution in [0, 0.1) is 5.92 Å². The summed E-state index contributed by atoms with van der Waals surface area (Å²) < 4.78 is 1.78. The molecule has 1 amide bonds. The molecule has 2 rings (SSSR count). The Hall–Kier alpha value is -1.69.